The number of nitrogens with zero attached hydrogens (tertiary/aromatic N) is 4. The van der Waals surface area contributed by atoms with Gasteiger partial charge < -0.3 is 14.4 Å². The molecule has 2 atom stereocenters. The highest BCUT2D eigenvalue weighted by atomic mass is 32.1. The number of piperazine rings is 1. The van der Waals surface area contributed by atoms with Crippen LogP contribution in [0.3, 0.4) is 0 Å². The van der Waals surface area contributed by atoms with E-state index in [0.29, 0.717) is 12.6 Å². The van der Waals surface area contributed by atoms with Crippen LogP contribution in [0, 0.1) is 6.92 Å². The Morgan fingerprint density at radius 2 is 2.03 bits per heavy atom. The normalized spacial score (nSPS) is 18.4. The van der Waals surface area contributed by atoms with Gasteiger partial charge in [-0.2, -0.15) is 0 Å². The van der Waals surface area contributed by atoms with Crippen LogP contribution in [0.4, 0.5) is 0 Å². The van der Waals surface area contributed by atoms with Gasteiger partial charge in [0.2, 0.25) is 0 Å². The number of thiazole rings is 1. The van der Waals surface area contributed by atoms with Crippen molar-refractivity contribution in [3.05, 3.63) is 65.4 Å². The first-order valence-corrected chi connectivity index (χ1v) is 12.5. The first kappa shape index (κ1) is 23.0. The summed E-state index contributed by atoms with van der Waals surface area (Å²) in [6.45, 7) is 8.52. The monoisotopic (exact) mass is 478 g/mol. The second-order valence-electron chi connectivity index (χ2n) is 8.95. The summed E-state index contributed by atoms with van der Waals surface area (Å²) in [4.78, 5) is 9.22. The van der Waals surface area contributed by atoms with E-state index in [2.05, 4.69) is 26.9 Å². The molecule has 1 unspecified atom stereocenters. The molecule has 0 aliphatic carbocycles. The first-order valence-electron chi connectivity index (χ1n) is 11.7. The van der Waals surface area contributed by atoms with Crippen molar-refractivity contribution in [3.8, 4) is 17.0 Å². The van der Waals surface area contributed by atoms with E-state index in [1.54, 1.807) is 11.3 Å². The zero-order chi connectivity index (χ0) is 23.5. The molecule has 2 aromatic heterocycles. The Balaban J connectivity index is 1.09. The Morgan fingerprint density at radius 3 is 2.85 bits per heavy atom. The third kappa shape index (κ3) is 5.47. The van der Waals surface area contributed by atoms with Crippen molar-refractivity contribution in [2.75, 3.05) is 32.8 Å². The van der Waals surface area contributed by atoms with Gasteiger partial charge in [0.15, 0.2) is 5.76 Å². The Hall–Kier alpha value is -2.78. The van der Waals surface area contributed by atoms with Crippen LogP contribution in [0.25, 0.3) is 21.5 Å². The first-order chi connectivity index (χ1) is 16.5. The van der Waals surface area contributed by atoms with Crippen LogP contribution < -0.4 is 4.74 Å². The van der Waals surface area contributed by atoms with Crippen LogP contribution in [-0.2, 0) is 6.54 Å². The van der Waals surface area contributed by atoms with Crippen molar-refractivity contribution in [1.29, 1.82) is 0 Å². The van der Waals surface area contributed by atoms with Gasteiger partial charge in [0.1, 0.15) is 24.2 Å². The van der Waals surface area contributed by atoms with Gasteiger partial charge in [-0.25, -0.2) is 4.98 Å². The number of β-amino-alcohol motifs (C(OH)–C–C–N with tert-alkyl or cyclic N) is 1. The fraction of sp³-hybridized carbons (Fsp3) is 0.385. The number of benzene rings is 2. The fourth-order valence-corrected chi connectivity index (χ4v) is 5.27. The molecule has 178 valence electrons. The molecule has 0 saturated carbocycles. The molecule has 0 amide bonds. The average molecular weight is 479 g/mol. The predicted octanol–water partition coefficient (Wildman–Crippen LogP) is 4.21. The Morgan fingerprint density at radius 1 is 1.18 bits per heavy atom. The molecule has 1 N–H and O–H groups in total. The number of hydrogen-bond donors (Lipinski definition) is 1. The lowest BCUT2D eigenvalue weighted by Gasteiger charge is -2.40. The number of hydrogen-bond acceptors (Lipinski definition) is 8. The lowest BCUT2D eigenvalue weighted by molar-refractivity contribution is 0.0178. The molecular weight excluding hydrogens is 448 g/mol. The fourth-order valence-electron chi connectivity index (χ4n) is 4.47. The van der Waals surface area contributed by atoms with Crippen molar-refractivity contribution in [3.63, 3.8) is 0 Å². The molecule has 8 heteroatoms. The third-order valence-electron chi connectivity index (χ3n) is 6.21. The molecule has 0 spiro atoms. The van der Waals surface area contributed by atoms with E-state index in [1.165, 1.54) is 0 Å². The van der Waals surface area contributed by atoms with Gasteiger partial charge >= 0.3 is 0 Å². The lowest BCUT2D eigenvalue weighted by Crippen LogP contribution is -2.53. The number of aliphatic hydroxyl groups is 1. The van der Waals surface area contributed by atoms with Gasteiger partial charge in [0.25, 0.3) is 0 Å². The van der Waals surface area contributed by atoms with Crippen LogP contribution in [-0.4, -0.2) is 70.0 Å². The summed E-state index contributed by atoms with van der Waals surface area (Å²) >= 11 is 1.67. The Bertz CT molecular complexity index is 1230. The van der Waals surface area contributed by atoms with Crippen molar-refractivity contribution >= 4 is 21.6 Å². The Kier molecular flexibility index (Phi) is 6.92. The number of aliphatic hydroxyl groups excluding tert-OH is 1. The molecule has 2 aromatic carbocycles. The molecule has 1 aliphatic rings. The zero-order valence-electron chi connectivity index (χ0n) is 19.6. The molecule has 1 aliphatic heterocycles. The van der Waals surface area contributed by atoms with E-state index < -0.39 is 6.10 Å². The molecule has 0 radical (unpaired) electrons. The van der Waals surface area contributed by atoms with Crippen molar-refractivity contribution in [2.24, 2.45) is 0 Å². The number of rotatable bonds is 8. The third-order valence-corrected chi connectivity index (χ3v) is 7.16. The van der Waals surface area contributed by atoms with Gasteiger partial charge in [0, 0.05) is 49.9 Å². The molecular formula is C26H30N4O3S. The second kappa shape index (κ2) is 10.2. The average Bonchev–Trinajstić information content (AvgIpc) is 3.45. The number of ether oxygens (including phenoxy) is 1. The highest BCUT2D eigenvalue weighted by Crippen LogP contribution is 2.26. The van der Waals surface area contributed by atoms with Gasteiger partial charge in [-0.15, -0.1) is 11.3 Å². The predicted molar refractivity (Wildman–Crippen MR) is 134 cm³/mol. The van der Waals surface area contributed by atoms with E-state index >= 15 is 0 Å². The summed E-state index contributed by atoms with van der Waals surface area (Å²) in [5.74, 6) is 1.62. The summed E-state index contributed by atoms with van der Waals surface area (Å²) in [6, 6.07) is 18.4. The Labute approximate surface area is 203 Å². The van der Waals surface area contributed by atoms with Crippen LogP contribution in [0.15, 0.2) is 59.1 Å². The van der Waals surface area contributed by atoms with Crippen molar-refractivity contribution in [1.82, 2.24) is 19.9 Å². The van der Waals surface area contributed by atoms with Crippen LogP contribution in [0.1, 0.15) is 17.7 Å². The number of fused-ring (bicyclic) bond motifs is 1. The molecule has 7 nitrogen and oxygen atoms in total. The minimum absolute atomic E-state index is 0.266. The van der Waals surface area contributed by atoms with E-state index in [0.717, 1.165) is 64.2 Å². The van der Waals surface area contributed by atoms with E-state index in [9.17, 15) is 5.11 Å². The largest absolute Gasteiger partial charge is 0.491 e. The molecule has 34 heavy (non-hydrogen) atoms. The van der Waals surface area contributed by atoms with Crippen molar-refractivity contribution in [2.45, 2.75) is 32.5 Å². The minimum Gasteiger partial charge on any atom is -0.491 e. The van der Waals surface area contributed by atoms with Crippen LogP contribution >= 0.6 is 11.3 Å². The summed E-state index contributed by atoms with van der Waals surface area (Å²) in [7, 11) is 0. The van der Waals surface area contributed by atoms with Crippen molar-refractivity contribution < 1.29 is 14.4 Å². The highest BCUT2D eigenvalue weighted by Gasteiger charge is 2.26. The summed E-state index contributed by atoms with van der Waals surface area (Å²) < 4.78 is 12.6. The van der Waals surface area contributed by atoms with E-state index in [4.69, 9.17) is 9.26 Å². The quantitative estimate of drug-likeness (QED) is 0.407. The second-order valence-corrected chi connectivity index (χ2v) is 10.2. The van der Waals surface area contributed by atoms with Crippen LogP contribution in [0.2, 0.25) is 0 Å². The molecule has 1 saturated heterocycles. The number of aromatic nitrogens is 2. The van der Waals surface area contributed by atoms with E-state index in [1.807, 2.05) is 61.5 Å². The SMILES string of the molecule is Cc1nc2cc(OCC(O)CN3CCN(Cc4cc(-c5ccccc5)no4)C[C@@H]3C)ccc2s1. The van der Waals surface area contributed by atoms with E-state index in [-0.39, 0.29) is 6.61 Å². The van der Waals surface area contributed by atoms with Gasteiger partial charge in [-0.1, -0.05) is 35.5 Å². The molecule has 1 fully saturated rings. The molecule has 5 rings (SSSR count). The van der Waals surface area contributed by atoms with Crippen LogP contribution in [0.5, 0.6) is 5.75 Å². The topological polar surface area (TPSA) is 74.9 Å². The highest BCUT2D eigenvalue weighted by molar-refractivity contribution is 7.18. The maximum absolute atomic E-state index is 10.6. The molecule has 4 aromatic rings. The minimum atomic E-state index is -0.551. The number of aryl methyl sites for hydroxylation is 1. The lowest BCUT2D eigenvalue weighted by atomic mass is 10.1. The summed E-state index contributed by atoms with van der Waals surface area (Å²) in [6.07, 6.45) is -0.551. The maximum Gasteiger partial charge on any atom is 0.151 e. The van der Waals surface area contributed by atoms with Gasteiger partial charge in [-0.05, 0) is 26.0 Å². The van der Waals surface area contributed by atoms with Gasteiger partial charge in [0.05, 0.1) is 21.8 Å². The summed E-state index contributed by atoms with van der Waals surface area (Å²) in [5, 5.41) is 15.9. The maximum atomic E-state index is 10.6. The zero-order valence-corrected chi connectivity index (χ0v) is 20.4. The smallest absolute Gasteiger partial charge is 0.151 e. The summed E-state index contributed by atoms with van der Waals surface area (Å²) in [5.41, 5.74) is 2.88. The van der Waals surface area contributed by atoms with Gasteiger partial charge in [-0.3, -0.25) is 9.80 Å². The molecule has 3 heterocycles. The standard InChI is InChI=1S/C26H30N4O3S/c1-18-14-29(16-23-13-24(28-33-23)20-6-4-3-5-7-20)10-11-30(18)15-21(31)17-32-22-8-9-26-25(12-22)27-19(2)34-26/h3-9,12-13,18,21,31H,10-11,14-17H2,1-2H3/t18-,21?/m0/s1. The molecule has 0 bridgehead atoms.